The lowest BCUT2D eigenvalue weighted by atomic mass is 10.1. The Morgan fingerprint density at radius 1 is 1.23 bits per heavy atom. The smallest absolute Gasteiger partial charge is 0.234 e. The lowest BCUT2D eigenvalue weighted by Crippen LogP contribution is -2.39. The fourth-order valence-corrected chi connectivity index (χ4v) is 6.78. The molecule has 2 aliphatic heterocycles. The quantitative estimate of drug-likeness (QED) is 0.732. The minimum atomic E-state index is -3.13. The maximum absolute atomic E-state index is 12.6. The second-order valence-corrected chi connectivity index (χ2v) is 10.9. The fourth-order valence-electron chi connectivity index (χ4n) is 3.83. The monoisotopic (exact) mass is 463 g/mol. The molecule has 6 nitrogen and oxygen atoms in total. The highest BCUT2D eigenvalue weighted by Gasteiger charge is 2.47. The van der Waals surface area contributed by atoms with Crippen LogP contribution in [-0.2, 0) is 21.1 Å². The van der Waals surface area contributed by atoms with E-state index >= 15 is 0 Å². The van der Waals surface area contributed by atoms with Crippen molar-refractivity contribution in [1.29, 1.82) is 0 Å². The van der Waals surface area contributed by atoms with E-state index in [0.29, 0.717) is 10.2 Å². The maximum atomic E-state index is 12.6. The van der Waals surface area contributed by atoms with Crippen molar-refractivity contribution in [3.63, 3.8) is 0 Å². The molecule has 9 heteroatoms. The summed E-state index contributed by atoms with van der Waals surface area (Å²) in [4.78, 5) is 19.1. The highest BCUT2D eigenvalue weighted by Crippen LogP contribution is 2.36. The van der Waals surface area contributed by atoms with Crippen molar-refractivity contribution in [2.75, 3.05) is 27.5 Å². The third-order valence-electron chi connectivity index (χ3n) is 5.20. The third-order valence-corrected chi connectivity index (χ3v) is 8.10. The largest absolute Gasteiger partial charge is 0.325 e. The van der Waals surface area contributed by atoms with Gasteiger partial charge in [0.05, 0.1) is 29.3 Å². The average molecular weight is 464 g/mol. The molecule has 2 aliphatic rings. The summed E-state index contributed by atoms with van der Waals surface area (Å²) >= 11 is 7.48. The molecule has 1 N–H and O–H groups in total. The molecule has 0 aromatic heterocycles. The maximum Gasteiger partial charge on any atom is 0.234 e. The van der Waals surface area contributed by atoms with Crippen LogP contribution in [0.2, 0.25) is 5.02 Å². The molecular formula is C21H22ClN3O3S2. The lowest BCUT2D eigenvalue weighted by Gasteiger charge is -2.26. The summed E-state index contributed by atoms with van der Waals surface area (Å²) in [7, 11) is -3.13. The number of carbonyl (C=O) groups excluding carboxylic acids is 1. The summed E-state index contributed by atoms with van der Waals surface area (Å²) < 4.78 is 24.3. The van der Waals surface area contributed by atoms with Crippen molar-refractivity contribution >= 4 is 55.6 Å². The minimum absolute atomic E-state index is 0.0366. The zero-order chi connectivity index (χ0) is 21.3. The number of anilines is 2. The average Bonchev–Trinajstić information content (AvgIpc) is 3.17. The van der Waals surface area contributed by atoms with Gasteiger partial charge in [-0.2, -0.15) is 0 Å². The van der Waals surface area contributed by atoms with E-state index in [4.69, 9.17) is 11.6 Å². The van der Waals surface area contributed by atoms with E-state index in [2.05, 4.69) is 10.3 Å². The van der Waals surface area contributed by atoms with E-state index in [1.807, 2.05) is 48.2 Å². The van der Waals surface area contributed by atoms with Crippen molar-refractivity contribution in [3.8, 4) is 0 Å². The molecule has 4 rings (SSSR count). The highest BCUT2D eigenvalue weighted by molar-refractivity contribution is 8.14. The Balaban J connectivity index is 1.51. The van der Waals surface area contributed by atoms with Gasteiger partial charge in [-0.05, 0) is 36.2 Å². The predicted molar refractivity (Wildman–Crippen MR) is 125 cm³/mol. The Labute approximate surface area is 185 Å². The topological polar surface area (TPSA) is 78.8 Å². The number of sulfone groups is 1. The SMILES string of the molecule is CCc1ccccc1NC(=O)CSC1=N[C@H]2CS(=O)(=O)C[C@H]2N1c1cccc(Cl)c1. The van der Waals surface area contributed by atoms with Gasteiger partial charge < -0.3 is 10.2 Å². The Kier molecular flexibility index (Phi) is 6.09. The number of amidine groups is 1. The van der Waals surface area contributed by atoms with Gasteiger partial charge in [-0.25, -0.2) is 8.42 Å². The number of nitrogens with one attached hydrogen (secondary N) is 1. The molecule has 0 aliphatic carbocycles. The van der Waals surface area contributed by atoms with E-state index in [1.165, 1.54) is 11.8 Å². The number of halogens is 1. The first-order valence-electron chi connectivity index (χ1n) is 9.70. The van der Waals surface area contributed by atoms with Crippen LogP contribution < -0.4 is 10.2 Å². The fraction of sp³-hybridized carbons (Fsp3) is 0.333. The van der Waals surface area contributed by atoms with Crippen molar-refractivity contribution in [1.82, 2.24) is 0 Å². The number of fused-ring (bicyclic) bond motifs is 1. The number of carbonyl (C=O) groups is 1. The summed E-state index contributed by atoms with van der Waals surface area (Å²) in [6.07, 6.45) is 0.830. The minimum Gasteiger partial charge on any atom is -0.325 e. The van der Waals surface area contributed by atoms with Gasteiger partial charge in [-0.15, -0.1) is 0 Å². The Bertz CT molecular complexity index is 1100. The van der Waals surface area contributed by atoms with E-state index in [9.17, 15) is 13.2 Å². The molecule has 1 saturated heterocycles. The number of aryl methyl sites for hydroxylation is 1. The van der Waals surface area contributed by atoms with Crippen LogP contribution in [0.1, 0.15) is 12.5 Å². The number of rotatable bonds is 5. The summed E-state index contributed by atoms with van der Waals surface area (Å²) in [5, 5.41) is 4.18. The molecule has 2 aromatic carbocycles. The van der Waals surface area contributed by atoms with Crippen LogP contribution in [0.15, 0.2) is 53.5 Å². The predicted octanol–water partition coefficient (Wildman–Crippen LogP) is 3.62. The summed E-state index contributed by atoms with van der Waals surface area (Å²) in [6, 6.07) is 14.4. The third kappa shape index (κ3) is 4.50. The molecule has 0 bridgehead atoms. The molecule has 2 aromatic rings. The van der Waals surface area contributed by atoms with Gasteiger partial charge in [0.1, 0.15) is 0 Å². The van der Waals surface area contributed by atoms with E-state index in [-0.39, 0.29) is 35.2 Å². The number of para-hydroxylation sites is 1. The Morgan fingerprint density at radius 3 is 2.80 bits per heavy atom. The highest BCUT2D eigenvalue weighted by atomic mass is 35.5. The number of hydrogen-bond acceptors (Lipinski definition) is 6. The molecule has 2 heterocycles. The van der Waals surface area contributed by atoms with Gasteiger partial charge in [0.15, 0.2) is 15.0 Å². The number of hydrogen-bond donors (Lipinski definition) is 1. The van der Waals surface area contributed by atoms with Gasteiger partial charge in [0, 0.05) is 16.4 Å². The van der Waals surface area contributed by atoms with E-state index in [1.54, 1.807) is 12.1 Å². The first-order valence-corrected chi connectivity index (χ1v) is 12.9. The normalized spacial score (nSPS) is 21.9. The summed E-state index contributed by atoms with van der Waals surface area (Å²) in [5.41, 5.74) is 2.68. The summed E-state index contributed by atoms with van der Waals surface area (Å²) in [5.74, 6) is 0.141. The van der Waals surface area contributed by atoms with Gasteiger partial charge in [-0.1, -0.05) is 54.6 Å². The standard InChI is InChI=1S/C21H22ClN3O3S2/c1-2-14-6-3-4-9-17(14)23-20(26)11-29-21-24-18-12-30(27,28)13-19(18)25(21)16-8-5-7-15(22)10-16/h3-10,18-19H,2,11-13H2,1H3,(H,23,26)/t18-,19+/m0/s1. The van der Waals surface area contributed by atoms with Gasteiger partial charge in [0.25, 0.3) is 0 Å². The van der Waals surface area contributed by atoms with Crippen LogP contribution >= 0.6 is 23.4 Å². The van der Waals surface area contributed by atoms with Crippen LogP contribution in [0.3, 0.4) is 0 Å². The zero-order valence-electron chi connectivity index (χ0n) is 16.4. The number of thioether (sulfide) groups is 1. The first kappa shape index (κ1) is 21.2. The number of aliphatic imine (C=N–C) groups is 1. The lowest BCUT2D eigenvalue weighted by molar-refractivity contribution is -0.113. The second-order valence-electron chi connectivity index (χ2n) is 7.32. The molecule has 0 spiro atoms. The molecule has 0 saturated carbocycles. The Morgan fingerprint density at radius 2 is 2.03 bits per heavy atom. The first-order chi connectivity index (χ1) is 14.4. The molecule has 1 amide bonds. The zero-order valence-corrected chi connectivity index (χ0v) is 18.8. The molecule has 30 heavy (non-hydrogen) atoms. The number of nitrogens with zero attached hydrogens (tertiary/aromatic N) is 2. The molecule has 0 radical (unpaired) electrons. The van der Waals surface area contributed by atoms with Crippen molar-refractivity contribution < 1.29 is 13.2 Å². The van der Waals surface area contributed by atoms with Crippen LogP contribution in [0.4, 0.5) is 11.4 Å². The number of amides is 1. The molecule has 0 unspecified atom stereocenters. The van der Waals surface area contributed by atoms with Gasteiger partial charge in [0.2, 0.25) is 5.91 Å². The van der Waals surface area contributed by atoms with Crippen LogP contribution in [-0.4, -0.2) is 48.8 Å². The van der Waals surface area contributed by atoms with Gasteiger partial charge in [-0.3, -0.25) is 9.79 Å². The second kappa shape index (κ2) is 8.61. The molecular weight excluding hydrogens is 442 g/mol. The van der Waals surface area contributed by atoms with Crippen molar-refractivity contribution in [2.45, 2.75) is 25.4 Å². The Hall–Kier alpha value is -2.03. The molecule has 1 fully saturated rings. The van der Waals surface area contributed by atoms with Crippen molar-refractivity contribution in [3.05, 3.63) is 59.1 Å². The van der Waals surface area contributed by atoms with Crippen LogP contribution in [0, 0.1) is 0 Å². The molecule has 158 valence electrons. The molecule has 2 atom stereocenters. The van der Waals surface area contributed by atoms with Gasteiger partial charge >= 0.3 is 0 Å². The van der Waals surface area contributed by atoms with Crippen LogP contribution in [0.25, 0.3) is 0 Å². The van der Waals surface area contributed by atoms with E-state index in [0.717, 1.165) is 23.4 Å². The number of benzene rings is 2. The summed E-state index contributed by atoms with van der Waals surface area (Å²) in [6.45, 7) is 2.04. The van der Waals surface area contributed by atoms with Crippen LogP contribution in [0.5, 0.6) is 0 Å². The van der Waals surface area contributed by atoms with E-state index < -0.39 is 9.84 Å². The van der Waals surface area contributed by atoms with Crippen molar-refractivity contribution in [2.24, 2.45) is 4.99 Å².